The Bertz CT molecular complexity index is 871. The lowest BCUT2D eigenvalue weighted by atomic mass is 10.0. The summed E-state index contributed by atoms with van der Waals surface area (Å²) in [7, 11) is 0. The van der Waals surface area contributed by atoms with Crippen LogP contribution in [0.15, 0.2) is 12.2 Å². The van der Waals surface area contributed by atoms with Crippen molar-refractivity contribution in [1.29, 1.82) is 0 Å². The van der Waals surface area contributed by atoms with Gasteiger partial charge in [0.05, 0.1) is 6.61 Å². The van der Waals surface area contributed by atoms with Gasteiger partial charge in [-0.2, -0.15) is 0 Å². The van der Waals surface area contributed by atoms with E-state index >= 15 is 0 Å². The number of carbonyl (C=O) groups is 2. The SMILES string of the molecule is CCCC/C=C\CCCCCCCC(=O)OC(CO)COC(=O)CCCCCCCCCCCCCCCCCCCCCCCCCCCCCCCCCCCCC. The van der Waals surface area contributed by atoms with E-state index in [9.17, 15) is 14.7 Å². The van der Waals surface area contributed by atoms with Crippen molar-refractivity contribution in [3.05, 3.63) is 12.2 Å². The fourth-order valence-electron chi connectivity index (χ4n) is 8.42. The van der Waals surface area contributed by atoms with Crippen LogP contribution >= 0.6 is 0 Å². The van der Waals surface area contributed by atoms with Crippen molar-refractivity contribution in [2.75, 3.05) is 13.2 Å². The molecule has 0 saturated carbocycles. The lowest BCUT2D eigenvalue weighted by Gasteiger charge is -2.15. The van der Waals surface area contributed by atoms with E-state index in [0.717, 1.165) is 38.5 Å². The van der Waals surface area contributed by atoms with E-state index < -0.39 is 6.10 Å². The Hall–Kier alpha value is -1.36. The zero-order chi connectivity index (χ0) is 43.5. The van der Waals surface area contributed by atoms with Crippen LogP contribution in [0.5, 0.6) is 0 Å². The van der Waals surface area contributed by atoms with Gasteiger partial charge in [-0.3, -0.25) is 9.59 Å². The summed E-state index contributed by atoms with van der Waals surface area (Å²) in [5, 5.41) is 9.58. The zero-order valence-electron chi connectivity index (χ0n) is 40.8. The third-order valence-corrected chi connectivity index (χ3v) is 12.6. The first-order valence-corrected chi connectivity index (χ1v) is 27.2. The number of aliphatic hydroxyl groups is 1. The molecule has 356 valence electrons. The monoisotopic (exact) mass is 847 g/mol. The molecule has 0 heterocycles. The van der Waals surface area contributed by atoms with Crippen LogP contribution in [-0.2, 0) is 19.1 Å². The Morgan fingerprint density at radius 2 is 0.633 bits per heavy atom. The molecule has 5 nitrogen and oxygen atoms in total. The van der Waals surface area contributed by atoms with Gasteiger partial charge >= 0.3 is 11.9 Å². The van der Waals surface area contributed by atoms with Gasteiger partial charge in [-0.15, -0.1) is 0 Å². The van der Waals surface area contributed by atoms with Gasteiger partial charge in [0.2, 0.25) is 0 Å². The Labute approximate surface area is 375 Å². The number of carbonyl (C=O) groups excluding carboxylic acids is 2. The summed E-state index contributed by atoms with van der Waals surface area (Å²) in [6.45, 7) is 4.13. The van der Waals surface area contributed by atoms with Crippen LogP contribution in [0.25, 0.3) is 0 Å². The largest absolute Gasteiger partial charge is 0.462 e. The highest BCUT2D eigenvalue weighted by Crippen LogP contribution is 2.18. The topological polar surface area (TPSA) is 72.8 Å². The lowest BCUT2D eigenvalue weighted by Crippen LogP contribution is -2.28. The van der Waals surface area contributed by atoms with Gasteiger partial charge in [-0.1, -0.05) is 276 Å². The normalized spacial score (nSPS) is 12.1. The molecular formula is C55H106O5. The molecule has 0 aliphatic rings. The molecule has 0 aliphatic heterocycles. The average Bonchev–Trinajstić information content (AvgIpc) is 3.25. The molecule has 0 aromatic rings. The van der Waals surface area contributed by atoms with Gasteiger partial charge in [0.25, 0.3) is 0 Å². The van der Waals surface area contributed by atoms with Gasteiger partial charge in [-0.25, -0.2) is 0 Å². The first-order chi connectivity index (χ1) is 29.6. The minimum atomic E-state index is -0.770. The molecule has 1 atom stereocenters. The van der Waals surface area contributed by atoms with Crippen molar-refractivity contribution in [3.63, 3.8) is 0 Å². The number of ether oxygens (including phenoxy) is 2. The summed E-state index contributed by atoms with van der Waals surface area (Å²) >= 11 is 0. The standard InChI is InChI=1S/C55H106O5/c1-3-5-7-9-11-13-15-16-17-18-19-20-21-22-23-24-25-26-27-28-29-30-31-32-33-34-35-36-37-38-40-41-43-45-47-49-54(57)59-52-53(51-56)60-55(58)50-48-46-44-42-39-14-12-10-8-6-4-2/h10,12,53,56H,3-9,11,13-52H2,1-2H3/b12-10-. The van der Waals surface area contributed by atoms with Crippen molar-refractivity contribution >= 4 is 11.9 Å². The number of unbranched alkanes of at least 4 members (excludes halogenated alkanes) is 41. The van der Waals surface area contributed by atoms with Crippen molar-refractivity contribution < 1.29 is 24.2 Å². The van der Waals surface area contributed by atoms with E-state index in [2.05, 4.69) is 26.0 Å². The quantitative estimate of drug-likeness (QED) is 0.0375. The minimum Gasteiger partial charge on any atom is -0.462 e. The molecule has 0 rings (SSSR count). The number of hydrogen-bond acceptors (Lipinski definition) is 5. The van der Waals surface area contributed by atoms with Crippen LogP contribution in [-0.4, -0.2) is 36.4 Å². The Morgan fingerprint density at radius 3 is 0.950 bits per heavy atom. The molecule has 0 radical (unpaired) electrons. The molecule has 0 aromatic heterocycles. The number of hydrogen-bond donors (Lipinski definition) is 1. The van der Waals surface area contributed by atoms with Crippen molar-refractivity contribution in [2.45, 2.75) is 315 Å². The average molecular weight is 847 g/mol. The summed E-state index contributed by atoms with van der Waals surface area (Å²) in [4.78, 5) is 24.3. The van der Waals surface area contributed by atoms with Crippen LogP contribution in [0.2, 0.25) is 0 Å². The second kappa shape index (κ2) is 52.0. The highest BCUT2D eigenvalue weighted by atomic mass is 16.6. The molecule has 0 aromatic carbocycles. The highest BCUT2D eigenvalue weighted by Gasteiger charge is 2.16. The number of allylic oxidation sites excluding steroid dienone is 2. The molecule has 60 heavy (non-hydrogen) atoms. The van der Waals surface area contributed by atoms with Crippen molar-refractivity contribution in [1.82, 2.24) is 0 Å². The van der Waals surface area contributed by atoms with Crippen molar-refractivity contribution in [3.8, 4) is 0 Å². The highest BCUT2D eigenvalue weighted by molar-refractivity contribution is 5.70. The van der Waals surface area contributed by atoms with Gasteiger partial charge in [0.1, 0.15) is 6.61 Å². The Kier molecular flexibility index (Phi) is 50.8. The molecule has 0 saturated heterocycles. The second-order valence-corrected chi connectivity index (χ2v) is 18.7. The van der Waals surface area contributed by atoms with Crippen LogP contribution in [0.3, 0.4) is 0 Å². The van der Waals surface area contributed by atoms with Crippen molar-refractivity contribution in [2.24, 2.45) is 0 Å². The summed E-state index contributed by atoms with van der Waals surface area (Å²) in [5.41, 5.74) is 0. The maximum atomic E-state index is 12.2. The van der Waals surface area contributed by atoms with Crippen LogP contribution in [0.4, 0.5) is 0 Å². The van der Waals surface area contributed by atoms with Crippen LogP contribution in [0, 0.1) is 0 Å². The van der Waals surface area contributed by atoms with E-state index in [1.54, 1.807) is 0 Å². The molecule has 5 heteroatoms. The third-order valence-electron chi connectivity index (χ3n) is 12.6. The molecule has 0 spiro atoms. The van der Waals surface area contributed by atoms with Crippen LogP contribution < -0.4 is 0 Å². The molecule has 1 N–H and O–H groups in total. The maximum absolute atomic E-state index is 12.2. The second-order valence-electron chi connectivity index (χ2n) is 18.7. The van der Waals surface area contributed by atoms with E-state index in [1.165, 1.54) is 244 Å². The third kappa shape index (κ3) is 49.3. The fraction of sp³-hybridized carbons (Fsp3) is 0.927. The fourth-order valence-corrected chi connectivity index (χ4v) is 8.42. The summed E-state index contributed by atoms with van der Waals surface area (Å²) in [6.07, 6.45) is 63.6. The molecule has 0 bridgehead atoms. The predicted molar refractivity (Wildman–Crippen MR) is 261 cm³/mol. The molecule has 0 amide bonds. The maximum Gasteiger partial charge on any atom is 0.306 e. The molecule has 0 aliphatic carbocycles. The van der Waals surface area contributed by atoms with Gasteiger partial charge in [0, 0.05) is 12.8 Å². The summed E-state index contributed by atoms with van der Waals surface area (Å²) in [5.74, 6) is -0.587. The summed E-state index contributed by atoms with van der Waals surface area (Å²) in [6, 6.07) is 0. The molecular weight excluding hydrogens is 741 g/mol. The Balaban J connectivity index is 3.32. The number of esters is 2. The first kappa shape index (κ1) is 58.6. The van der Waals surface area contributed by atoms with Crippen LogP contribution in [0.1, 0.15) is 309 Å². The van der Waals surface area contributed by atoms with Gasteiger partial charge in [-0.05, 0) is 32.1 Å². The van der Waals surface area contributed by atoms with E-state index in [1.807, 2.05) is 0 Å². The van der Waals surface area contributed by atoms with Gasteiger partial charge < -0.3 is 14.6 Å². The number of rotatable bonds is 51. The summed E-state index contributed by atoms with van der Waals surface area (Å²) < 4.78 is 10.6. The predicted octanol–water partition coefficient (Wildman–Crippen LogP) is 18.0. The van der Waals surface area contributed by atoms with E-state index in [0.29, 0.717) is 12.8 Å². The zero-order valence-corrected chi connectivity index (χ0v) is 40.8. The number of aliphatic hydroxyl groups excluding tert-OH is 1. The smallest absolute Gasteiger partial charge is 0.306 e. The van der Waals surface area contributed by atoms with E-state index in [-0.39, 0.29) is 25.2 Å². The Morgan fingerprint density at radius 1 is 0.367 bits per heavy atom. The minimum absolute atomic E-state index is 0.0630. The molecule has 0 fully saturated rings. The van der Waals surface area contributed by atoms with E-state index in [4.69, 9.17) is 9.47 Å². The first-order valence-electron chi connectivity index (χ1n) is 27.2. The van der Waals surface area contributed by atoms with Gasteiger partial charge in [0.15, 0.2) is 6.10 Å². The molecule has 1 unspecified atom stereocenters. The lowest BCUT2D eigenvalue weighted by molar-refractivity contribution is -0.161.